The number of nitrogens with two attached hydrogens (primary N) is 1. The summed E-state index contributed by atoms with van der Waals surface area (Å²) >= 11 is 0. The molecule has 86 valence electrons. The molecule has 0 aromatic carbocycles. The van der Waals surface area contributed by atoms with Crippen molar-refractivity contribution in [3.63, 3.8) is 0 Å². The van der Waals surface area contributed by atoms with Crippen LogP contribution in [-0.2, 0) is 4.79 Å². The SMILES string of the molecule is CCC(N)CC(=O)NC(C1CC1)C1CC1. The summed E-state index contributed by atoms with van der Waals surface area (Å²) in [7, 11) is 0. The van der Waals surface area contributed by atoms with Gasteiger partial charge < -0.3 is 11.1 Å². The summed E-state index contributed by atoms with van der Waals surface area (Å²) < 4.78 is 0. The molecule has 3 N–H and O–H groups in total. The van der Waals surface area contributed by atoms with E-state index in [4.69, 9.17) is 5.73 Å². The largest absolute Gasteiger partial charge is 0.353 e. The van der Waals surface area contributed by atoms with E-state index in [0.29, 0.717) is 12.5 Å². The second-order valence-corrected chi connectivity index (χ2v) is 5.14. The summed E-state index contributed by atoms with van der Waals surface area (Å²) in [5, 5.41) is 3.19. The third-order valence-electron chi connectivity index (χ3n) is 3.56. The zero-order chi connectivity index (χ0) is 10.8. The van der Waals surface area contributed by atoms with Gasteiger partial charge in [-0.25, -0.2) is 0 Å². The summed E-state index contributed by atoms with van der Waals surface area (Å²) in [4.78, 5) is 11.7. The lowest BCUT2D eigenvalue weighted by Gasteiger charge is -2.18. The summed E-state index contributed by atoms with van der Waals surface area (Å²) in [5.74, 6) is 1.71. The molecule has 0 saturated heterocycles. The minimum atomic E-state index is 0.0315. The van der Waals surface area contributed by atoms with Gasteiger partial charge in [0.15, 0.2) is 0 Å². The van der Waals surface area contributed by atoms with Crippen LogP contribution in [0.15, 0.2) is 0 Å². The fourth-order valence-electron chi connectivity index (χ4n) is 2.16. The van der Waals surface area contributed by atoms with Gasteiger partial charge in [-0.2, -0.15) is 0 Å². The Kier molecular flexibility index (Phi) is 3.29. The van der Waals surface area contributed by atoms with Crippen LogP contribution in [0.3, 0.4) is 0 Å². The summed E-state index contributed by atoms with van der Waals surface area (Å²) in [5.41, 5.74) is 5.77. The van der Waals surface area contributed by atoms with Crippen molar-refractivity contribution in [1.29, 1.82) is 0 Å². The molecule has 3 nitrogen and oxygen atoms in total. The quantitative estimate of drug-likeness (QED) is 0.696. The van der Waals surface area contributed by atoms with Crippen molar-refractivity contribution in [2.45, 2.75) is 57.5 Å². The van der Waals surface area contributed by atoms with Crippen LogP contribution in [0, 0.1) is 11.8 Å². The van der Waals surface area contributed by atoms with E-state index in [1.165, 1.54) is 25.7 Å². The lowest BCUT2D eigenvalue weighted by atomic mass is 10.1. The molecule has 0 spiro atoms. The minimum absolute atomic E-state index is 0.0315. The Morgan fingerprint density at radius 1 is 1.33 bits per heavy atom. The number of hydrogen-bond donors (Lipinski definition) is 2. The van der Waals surface area contributed by atoms with Crippen LogP contribution >= 0.6 is 0 Å². The van der Waals surface area contributed by atoms with Crippen molar-refractivity contribution in [3.8, 4) is 0 Å². The Morgan fingerprint density at radius 2 is 1.87 bits per heavy atom. The van der Waals surface area contributed by atoms with Crippen molar-refractivity contribution in [2.75, 3.05) is 0 Å². The number of rotatable bonds is 6. The predicted octanol–water partition coefficient (Wildman–Crippen LogP) is 1.42. The van der Waals surface area contributed by atoms with Crippen LogP contribution in [0.2, 0.25) is 0 Å². The van der Waals surface area contributed by atoms with Gasteiger partial charge in [0.25, 0.3) is 0 Å². The zero-order valence-corrected chi connectivity index (χ0v) is 9.54. The van der Waals surface area contributed by atoms with Gasteiger partial charge in [-0.3, -0.25) is 4.79 Å². The van der Waals surface area contributed by atoms with Crippen LogP contribution in [0.5, 0.6) is 0 Å². The van der Waals surface area contributed by atoms with E-state index in [0.717, 1.165) is 18.3 Å². The first-order chi connectivity index (χ1) is 7.20. The third kappa shape index (κ3) is 3.20. The average molecular weight is 210 g/mol. The molecule has 0 heterocycles. The van der Waals surface area contributed by atoms with Gasteiger partial charge in [0.1, 0.15) is 0 Å². The lowest BCUT2D eigenvalue weighted by Crippen LogP contribution is -2.40. The Balaban J connectivity index is 1.75. The maximum absolute atomic E-state index is 11.7. The number of carbonyl (C=O) groups excluding carboxylic acids is 1. The first-order valence-corrected chi connectivity index (χ1v) is 6.25. The Bertz CT molecular complexity index is 222. The van der Waals surface area contributed by atoms with E-state index >= 15 is 0 Å². The number of hydrogen-bond acceptors (Lipinski definition) is 2. The molecule has 0 aliphatic heterocycles. The van der Waals surface area contributed by atoms with Gasteiger partial charge in [-0.05, 0) is 43.9 Å². The smallest absolute Gasteiger partial charge is 0.221 e. The summed E-state index contributed by atoms with van der Waals surface area (Å²) in [6, 6.07) is 0.505. The standard InChI is InChI=1S/C12H22N2O/c1-2-10(13)7-11(15)14-12(8-3-4-8)9-5-6-9/h8-10,12H,2-7,13H2,1H3,(H,14,15). The van der Waals surface area contributed by atoms with Gasteiger partial charge in [0.05, 0.1) is 0 Å². The van der Waals surface area contributed by atoms with Gasteiger partial charge in [-0.1, -0.05) is 6.92 Å². The van der Waals surface area contributed by atoms with Gasteiger partial charge in [-0.15, -0.1) is 0 Å². The molecule has 1 atom stereocenters. The molecule has 2 fully saturated rings. The van der Waals surface area contributed by atoms with E-state index in [9.17, 15) is 4.79 Å². The van der Waals surface area contributed by atoms with E-state index in [-0.39, 0.29) is 11.9 Å². The highest BCUT2D eigenvalue weighted by atomic mass is 16.1. The summed E-state index contributed by atoms with van der Waals surface area (Å²) in [6.45, 7) is 2.03. The molecule has 15 heavy (non-hydrogen) atoms. The maximum atomic E-state index is 11.7. The monoisotopic (exact) mass is 210 g/mol. The molecule has 0 bridgehead atoms. The molecular formula is C12H22N2O. The van der Waals surface area contributed by atoms with Crippen LogP contribution < -0.4 is 11.1 Å². The topological polar surface area (TPSA) is 55.1 Å². The molecule has 2 aliphatic rings. The average Bonchev–Trinajstić information content (AvgIpc) is 3.02. The van der Waals surface area contributed by atoms with Gasteiger partial charge in [0.2, 0.25) is 5.91 Å². The fraction of sp³-hybridized carbons (Fsp3) is 0.917. The first kappa shape index (κ1) is 10.9. The van der Waals surface area contributed by atoms with E-state index in [1.807, 2.05) is 6.92 Å². The molecular weight excluding hydrogens is 188 g/mol. The number of carbonyl (C=O) groups is 1. The van der Waals surface area contributed by atoms with Crippen molar-refractivity contribution in [1.82, 2.24) is 5.32 Å². The Hall–Kier alpha value is -0.570. The van der Waals surface area contributed by atoms with E-state index in [2.05, 4.69) is 5.32 Å². The fourth-order valence-corrected chi connectivity index (χ4v) is 2.16. The van der Waals surface area contributed by atoms with Crippen molar-refractivity contribution in [2.24, 2.45) is 17.6 Å². The van der Waals surface area contributed by atoms with Crippen molar-refractivity contribution >= 4 is 5.91 Å². The van der Waals surface area contributed by atoms with Gasteiger partial charge >= 0.3 is 0 Å². The van der Waals surface area contributed by atoms with E-state index in [1.54, 1.807) is 0 Å². The van der Waals surface area contributed by atoms with Crippen molar-refractivity contribution < 1.29 is 4.79 Å². The van der Waals surface area contributed by atoms with Crippen LogP contribution in [0.4, 0.5) is 0 Å². The highest BCUT2D eigenvalue weighted by molar-refractivity contribution is 5.77. The lowest BCUT2D eigenvalue weighted by molar-refractivity contribution is -0.122. The first-order valence-electron chi connectivity index (χ1n) is 6.25. The Morgan fingerprint density at radius 3 is 2.27 bits per heavy atom. The van der Waals surface area contributed by atoms with E-state index < -0.39 is 0 Å². The molecule has 2 aliphatic carbocycles. The zero-order valence-electron chi connectivity index (χ0n) is 9.54. The molecule has 0 radical (unpaired) electrons. The van der Waals surface area contributed by atoms with Crippen LogP contribution in [0.25, 0.3) is 0 Å². The molecule has 3 heteroatoms. The molecule has 2 rings (SSSR count). The summed E-state index contributed by atoms with van der Waals surface area (Å²) in [6.07, 6.45) is 6.60. The highest BCUT2D eigenvalue weighted by Gasteiger charge is 2.42. The maximum Gasteiger partial charge on any atom is 0.221 e. The normalized spacial score (nSPS) is 22.9. The van der Waals surface area contributed by atoms with Crippen LogP contribution in [0.1, 0.15) is 45.4 Å². The van der Waals surface area contributed by atoms with Gasteiger partial charge in [0, 0.05) is 18.5 Å². The molecule has 1 amide bonds. The molecule has 2 saturated carbocycles. The second kappa shape index (κ2) is 4.52. The second-order valence-electron chi connectivity index (χ2n) is 5.14. The molecule has 0 aromatic heterocycles. The third-order valence-corrected chi connectivity index (χ3v) is 3.56. The number of nitrogens with one attached hydrogen (secondary N) is 1. The van der Waals surface area contributed by atoms with Crippen molar-refractivity contribution in [3.05, 3.63) is 0 Å². The number of amides is 1. The Labute approximate surface area is 91.8 Å². The van der Waals surface area contributed by atoms with Crippen LogP contribution in [-0.4, -0.2) is 18.0 Å². The molecule has 0 aromatic rings. The highest BCUT2D eigenvalue weighted by Crippen LogP contribution is 2.44. The minimum Gasteiger partial charge on any atom is -0.353 e. The molecule has 1 unspecified atom stereocenters. The predicted molar refractivity (Wildman–Crippen MR) is 60.3 cm³/mol.